The smallest absolute Gasteiger partial charge is 0.254 e. The van der Waals surface area contributed by atoms with Gasteiger partial charge in [0.05, 0.1) is 25.3 Å². The molecule has 1 amide bonds. The van der Waals surface area contributed by atoms with Crippen LogP contribution in [0.15, 0.2) is 17.5 Å². The minimum Gasteiger partial charge on any atom is -0.480 e. The summed E-state index contributed by atoms with van der Waals surface area (Å²) in [5.74, 6) is 1.26. The summed E-state index contributed by atoms with van der Waals surface area (Å²) in [4.78, 5) is 37.6. The molecule has 0 aromatic carbocycles. The Labute approximate surface area is 186 Å². The molecule has 0 spiro atoms. The summed E-state index contributed by atoms with van der Waals surface area (Å²) in [5, 5.41) is 0.809. The first-order chi connectivity index (χ1) is 15.7. The van der Waals surface area contributed by atoms with Crippen LogP contribution in [0.25, 0.3) is 17.5 Å². The zero-order chi connectivity index (χ0) is 22.1. The van der Waals surface area contributed by atoms with Gasteiger partial charge in [0.2, 0.25) is 5.88 Å². The van der Waals surface area contributed by atoms with Crippen LogP contribution in [0.2, 0.25) is 0 Å². The Bertz CT molecular complexity index is 1130. The van der Waals surface area contributed by atoms with E-state index in [2.05, 4.69) is 29.8 Å². The number of methoxy groups -OCH3 is 2. The van der Waals surface area contributed by atoms with Crippen LogP contribution in [0.3, 0.4) is 0 Å². The quantitative estimate of drug-likeness (QED) is 0.626. The Morgan fingerprint density at radius 2 is 1.91 bits per heavy atom. The Morgan fingerprint density at radius 1 is 1.09 bits per heavy atom. The molecular weight excluding hydrogens is 408 g/mol. The Balaban J connectivity index is 1.42. The summed E-state index contributed by atoms with van der Waals surface area (Å²) >= 11 is 0. The van der Waals surface area contributed by atoms with Crippen molar-refractivity contribution in [1.82, 2.24) is 24.8 Å². The van der Waals surface area contributed by atoms with E-state index in [9.17, 15) is 4.79 Å². The maximum atomic E-state index is 12.9. The van der Waals surface area contributed by atoms with Gasteiger partial charge in [-0.1, -0.05) is 6.08 Å². The lowest BCUT2D eigenvalue weighted by Crippen LogP contribution is -2.43. The maximum Gasteiger partial charge on any atom is 0.254 e. The van der Waals surface area contributed by atoms with Gasteiger partial charge >= 0.3 is 0 Å². The highest BCUT2D eigenvalue weighted by atomic mass is 16.5. The molecule has 0 N–H and O–H groups in total. The van der Waals surface area contributed by atoms with E-state index in [4.69, 9.17) is 9.47 Å². The van der Waals surface area contributed by atoms with Gasteiger partial charge in [-0.3, -0.25) is 4.79 Å². The number of aromatic nitrogens is 4. The molecule has 2 aliphatic heterocycles. The fraction of sp³-hybridized carbons (Fsp3) is 0.565. The molecule has 5 rings (SSSR count). The highest BCUT2D eigenvalue weighted by Gasteiger charge is 2.33. The normalized spacial score (nSPS) is 21.6. The van der Waals surface area contributed by atoms with Crippen LogP contribution in [-0.2, 0) is 9.53 Å². The van der Waals surface area contributed by atoms with Crippen LogP contribution in [0.1, 0.15) is 37.3 Å². The largest absolute Gasteiger partial charge is 0.480 e. The fourth-order valence-corrected chi connectivity index (χ4v) is 4.66. The third-order valence-corrected chi connectivity index (χ3v) is 6.63. The monoisotopic (exact) mass is 436 g/mol. The molecule has 32 heavy (non-hydrogen) atoms. The third kappa shape index (κ3) is 4.14. The van der Waals surface area contributed by atoms with Crippen LogP contribution in [-0.4, -0.2) is 71.2 Å². The van der Waals surface area contributed by atoms with Crippen LogP contribution in [0.5, 0.6) is 5.88 Å². The summed E-state index contributed by atoms with van der Waals surface area (Å²) in [6.45, 7) is 3.63. The number of piperidine rings is 1. The van der Waals surface area contributed by atoms with Gasteiger partial charge < -0.3 is 14.4 Å². The number of ether oxygens (including phenoxy) is 2. The van der Waals surface area contributed by atoms with Gasteiger partial charge in [-0.25, -0.2) is 19.9 Å². The number of amides is 1. The Kier molecular flexibility index (Phi) is 5.93. The molecule has 9 nitrogen and oxygen atoms in total. The highest BCUT2D eigenvalue weighted by Crippen LogP contribution is 2.44. The molecule has 1 aliphatic carbocycles. The summed E-state index contributed by atoms with van der Waals surface area (Å²) in [5.41, 5.74) is 2.02. The van der Waals surface area contributed by atoms with Crippen molar-refractivity contribution < 1.29 is 14.3 Å². The lowest BCUT2D eigenvalue weighted by molar-refractivity contribution is -0.122. The van der Waals surface area contributed by atoms with Gasteiger partial charge in [-0.05, 0) is 44.7 Å². The Morgan fingerprint density at radius 3 is 2.62 bits per heavy atom. The van der Waals surface area contributed by atoms with Crippen molar-refractivity contribution in [3.63, 3.8) is 0 Å². The van der Waals surface area contributed by atoms with E-state index in [1.165, 1.54) is 6.33 Å². The van der Waals surface area contributed by atoms with Gasteiger partial charge in [-0.2, -0.15) is 4.99 Å². The molecule has 1 saturated heterocycles. The van der Waals surface area contributed by atoms with Crippen molar-refractivity contribution in [2.75, 3.05) is 40.5 Å². The van der Waals surface area contributed by atoms with Gasteiger partial charge in [-0.15, -0.1) is 0 Å². The lowest BCUT2D eigenvalue weighted by Gasteiger charge is -2.34. The van der Waals surface area contributed by atoms with Gasteiger partial charge in [0.1, 0.15) is 11.9 Å². The number of hydrogen-bond acceptors (Lipinski definition) is 8. The molecule has 168 valence electrons. The first-order valence-corrected chi connectivity index (χ1v) is 11.3. The van der Waals surface area contributed by atoms with Crippen molar-refractivity contribution >= 4 is 12.0 Å². The number of carbonyl (C=O) groups excluding carboxylic acids is 1. The molecule has 0 bridgehead atoms. The van der Waals surface area contributed by atoms with E-state index in [0.29, 0.717) is 34.6 Å². The van der Waals surface area contributed by atoms with E-state index in [1.54, 1.807) is 20.4 Å². The van der Waals surface area contributed by atoms with Crippen molar-refractivity contribution in [3.8, 4) is 17.3 Å². The number of carbonyl (C=O) groups is 1. The second-order valence-corrected chi connectivity index (χ2v) is 8.70. The first kappa shape index (κ1) is 21.1. The first-order valence-electron chi connectivity index (χ1n) is 11.3. The third-order valence-electron chi connectivity index (χ3n) is 6.63. The SMILES string of the molecule is COCCN1CCC(C2C=c3cnc(-c4c(OC)ncnc4C4CC4)nc3=NC2=O)CC1. The minimum absolute atomic E-state index is 0.115. The number of likely N-dealkylation sites (tertiary alicyclic amines) is 1. The second-order valence-electron chi connectivity index (χ2n) is 8.70. The summed E-state index contributed by atoms with van der Waals surface area (Å²) in [6.07, 6.45) is 9.40. The molecule has 1 saturated carbocycles. The predicted molar refractivity (Wildman–Crippen MR) is 116 cm³/mol. The van der Waals surface area contributed by atoms with E-state index in [1.807, 2.05) is 6.08 Å². The van der Waals surface area contributed by atoms with Crippen molar-refractivity contribution in [1.29, 1.82) is 0 Å². The van der Waals surface area contributed by atoms with Gasteiger partial charge in [0, 0.05) is 31.0 Å². The van der Waals surface area contributed by atoms with E-state index >= 15 is 0 Å². The van der Waals surface area contributed by atoms with E-state index < -0.39 is 0 Å². The molecule has 2 fully saturated rings. The summed E-state index contributed by atoms with van der Waals surface area (Å²) in [7, 11) is 3.30. The van der Waals surface area contributed by atoms with Crippen LogP contribution < -0.4 is 15.4 Å². The summed E-state index contributed by atoms with van der Waals surface area (Å²) in [6, 6.07) is 0. The minimum atomic E-state index is -0.210. The van der Waals surface area contributed by atoms with E-state index in [0.717, 1.165) is 62.8 Å². The van der Waals surface area contributed by atoms with E-state index in [-0.39, 0.29) is 11.8 Å². The zero-order valence-electron chi connectivity index (χ0n) is 18.5. The van der Waals surface area contributed by atoms with Crippen LogP contribution >= 0.6 is 0 Å². The highest BCUT2D eigenvalue weighted by molar-refractivity contribution is 5.86. The number of hydrogen-bond donors (Lipinski definition) is 0. The average Bonchev–Trinajstić information content (AvgIpc) is 3.67. The van der Waals surface area contributed by atoms with Crippen molar-refractivity contribution in [3.05, 3.63) is 28.9 Å². The van der Waals surface area contributed by atoms with Crippen LogP contribution in [0.4, 0.5) is 0 Å². The molecule has 1 atom stereocenters. The van der Waals surface area contributed by atoms with Gasteiger partial charge in [0.15, 0.2) is 11.3 Å². The standard InChI is InChI=1S/C23H28N6O3/c1-31-10-9-29-7-5-14(6-8-29)17-11-16-12-24-21(27-20(16)28-22(17)30)18-19(15-3-4-15)25-13-26-23(18)32-2/h11-15,17H,3-10H2,1-2H3. The maximum absolute atomic E-state index is 12.9. The molecule has 4 heterocycles. The molecule has 2 aromatic rings. The molecule has 2 aromatic heterocycles. The number of rotatable bonds is 7. The molecule has 9 heteroatoms. The average molecular weight is 437 g/mol. The predicted octanol–water partition coefficient (Wildman–Crippen LogP) is 0.734. The number of nitrogens with zero attached hydrogens (tertiary/aromatic N) is 6. The second kappa shape index (κ2) is 8.99. The summed E-state index contributed by atoms with van der Waals surface area (Å²) < 4.78 is 10.6. The molecule has 0 radical (unpaired) electrons. The topological polar surface area (TPSA) is 103 Å². The fourth-order valence-electron chi connectivity index (χ4n) is 4.66. The van der Waals surface area contributed by atoms with Crippen LogP contribution in [0, 0.1) is 11.8 Å². The van der Waals surface area contributed by atoms with Crippen molar-refractivity contribution in [2.45, 2.75) is 31.6 Å². The molecular formula is C23H28N6O3. The lowest BCUT2D eigenvalue weighted by atomic mass is 9.82. The van der Waals surface area contributed by atoms with Gasteiger partial charge in [0.25, 0.3) is 5.91 Å². The van der Waals surface area contributed by atoms with Crippen molar-refractivity contribution in [2.24, 2.45) is 16.8 Å². The molecule has 3 aliphatic rings. The molecule has 1 unspecified atom stereocenters. The number of fused-ring (bicyclic) bond motifs is 1. The Hall–Kier alpha value is -2.78. The zero-order valence-corrected chi connectivity index (χ0v) is 18.5.